The zero-order valence-electron chi connectivity index (χ0n) is 20.7. The van der Waals surface area contributed by atoms with Crippen molar-refractivity contribution in [2.24, 2.45) is 0 Å². The van der Waals surface area contributed by atoms with E-state index in [9.17, 15) is 9.59 Å². The van der Waals surface area contributed by atoms with Crippen molar-refractivity contribution in [3.8, 4) is 0 Å². The lowest BCUT2D eigenvalue weighted by Crippen LogP contribution is -2.02. The Bertz CT molecular complexity index is 1680. The molecule has 0 spiro atoms. The molecule has 0 bridgehead atoms. The normalized spacial score (nSPS) is 13.2. The molecule has 0 unspecified atom stereocenters. The molecule has 1 aliphatic rings. The quantitative estimate of drug-likeness (QED) is 0.227. The van der Waals surface area contributed by atoms with Crippen molar-refractivity contribution in [2.45, 2.75) is 0 Å². The Morgan fingerprint density at radius 1 is 0.342 bits per heavy atom. The van der Waals surface area contributed by atoms with Gasteiger partial charge in [0.1, 0.15) is 0 Å². The average Bonchev–Trinajstić information content (AvgIpc) is 3.31. The van der Waals surface area contributed by atoms with Crippen LogP contribution in [0.25, 0.3) is 22.3 Å². The number of ketones is 2. The van der Waals surface area contributed by atoms with Gasteiger partial charge in [0.2, 0.25) is 0 Å². The van der Waals surface area contributed by atoms with Crippen LogP contribution < -0.4 is 0 Å². The number of benzene rings is 5. The first-order valence-corrected chi connectivity index (χ1v) is 12.6. The maximum atomic E-state index is 14.3. The molecule has 0 aromatic heterocycles. The molecular weight excluding hydrogens is 464 g/mol. The maximum Gasteiger partial charge on any atom is 0.195 e. The minimum Gasteiger partial charge on any atom is -0.289 e. The van der Waals surface area contributed by atoms with E-state index >= 15 is 0 Å². The molecule has 0 radical (unpaired) electrons. The molecule has 0 N–H and O–H groups in total. The van der Waals surface area contributed by atoms with E-state index in [1.807, 2.05) is 146 Å². The second kappa shape index (κ2) is 10.1. The first kappa shape index (κ1) is 23.3. The SMILES string of the molecule is O=C1C(c2ccccc2)=C(c2ccccc2)C(c2ccc(C(=O)c3ccccc3)cc2)=C1c1ccccc1. The molecule has 0 fully saturated rings. The highest BCUT2D eigenvalue weighted by atomic mass is 16.1. The van der Waals surface area contributed by atoms with Crippen LogP contribution in [0.3, 0.4) is 0 Å². The molecule has 5 aromatic rings. The summed E-state index contributed by atoms with van der Waals surface area (Å²) < 4.78 is 0. The highest BCUT2D eigenvalue weighted by molar-refractivity contribution is 6.59. The van der Waals surface area contributed by atoms with Crippen LogP contribution in [0.15, 0.2) is 146 Å². The molecule has 2 nitrogen and oxygen atoms in total. The summed E-state index contributed by atoms with van der Waals surface area (Å²) >= 11 is 0. The molecule has 0 saturated heterocycles. The summed E-state index contributed by atoms with van der Waals surface area (Å²) in [6.07, 6.45) is 0. The fraction of sp³-hybridized carbons (Fsp3) is 0. The summed E-state index contributed by atoms with van der Waals surface area (Å²) in [6.45, 7) is 0. The molecule has 180 valence electrons. The van der Waals surface area contributed by atoms with Gasteiger partial charge < -0.3 is 0 Å². The van der Waals surface area contributed by atoms with Crippen LogP contribution in [0.4, 0.5) is 0 Å². The second-order valence-corrected chi connectivity index (χ2v) is 9.20. The van der Waals surface area contributed by atoms with Gasteiger partial charge in [0.15, 0.2) is 11.6 Å². The van der Waals surface area contributed by atoms with E-state index in [0.29, 0.717) is 22.3 Å². The molecule has 0 amide bonds. The zero-order valence-corrected chi connectivity index (χ0v) is 20.7. The number of Topliss-reactive ketones (excluding diaryl/α,β-unsaturated/α-hetero) is 1. The van der Waals surface area contributed by atoms with Crippen LogP contribution >= 0.6 is 0 Å². The molecule has 1 aliphatic carbocycles. The summed E-state index contributed by atoms with van der Waals surface area (Å²) in [6, 6.07) is 46.7. The molecule has 0 heterocycles. The van der Waals surface area contributed by atoms with Crippen LogP contribution in [0.1, 0.15) is 38.2 Å². The fourth-order valence-electron chi connectivity index (χ4n) is 5.09. The van der Waals surface area contributed by atoms with E-state index in [4.69, 9.17) is 0 Å². The van der Waals surface area contributed by atoms with Crippen LogP contribution in [-0.4, -0.2) is 11.6 Å². The molecule has 6 rings (SSSR count). The number of hydrogen-bond donors (Lipinski definition) is 0. The number of carbonyl (C=O) groups excluding carboxylic acids is 2. The molecule has 0 atom stereocenters. The molecular formula is C36H24O2. The van der Waals surface area contributed by atoms with Crippen molar-refractivity contribution < 1.29 is 9.59 Å². The van der Waals surface area contributed by atoms with E-state index in [1.165, 1.54) is 0 Å². The summed E-state index contributed by atoms with van der Waals surface area (Å²) in [5.41, 5.74) is 8.04. The van der Waals surface area contributed by atoms with Crippen molar-refractivity contribution >= 4 is 33.9 Å². The van der Waals surface area contributed by atoms with E-state index in [-0.39, 0.29) is 11.6 Å². The summed E-state index contributed by atoms with van der Waals surface area (Å²) in [5, 5.41) is 0. The van der Waals surface area contributed by atoms with Gasteiger partial charge in [-0.3, -0.25) is 9.59 Å². The first-order valence-electron chi connectivity index (χ1n) is 12.6. The summed E-state index contributed by atoms with van der Waals surface area (Å²) in [5.74, 6) is -0.0265. The Labute approximate surface area is 222 Å². The minimum absolute atomic E-state index is 0.000640. The molecule has 38 heavy (non-hydrogen) atoms. The van der Waals surface area contributed by atoms with E-state index in [1.54, 1.807) is 0 Å². The van der Waals surface area contributed by atoms with Gasteiger partial charge in [-0.1, -0.05) is 146 Å². The number of rotatable bonds is 6. The Morgan fingerprint density at radius 3 is 1.08 bits per heavy atom. The number of carbonyl (C=O) groups is 2. The second-order valence-electron chi connectivity index (χ2n) is 9.20. The lowest BCUT2D eigenvalue weighted by molar-refractivity contribution is -0.108. The highest BCUT2D eigenvalue weighted by Gasteiger charge is 2.35. The monoisotopic (exact) mass is 488 g/mol. The average molecular weight is 489 g/mol. The lowest BCUT2D eigenvalue weighted by atomic mass is 9.88. The zero-order chi connectivity index (χ0) is 25.9. The van der Waals surface area contributed by atoms with Crippen LogP contribution in [0.5, 0.6) is 0 Å². The van der Waals surface area contributed by atoms with Crippen molar-refractivity contribution in [2.75, 3.05) is 0 Å². The predicted octanol–water partition coefficient (Wildman–Crippen LogP) is 8.02. The maximum absolute atomic E-state index is 14.3. The molecule has 5 aromatic carbocycles. The van der Waals surface area contributed by atoms with E-state index in [2.05, 4.69) is 0 Å². The largest absolute Gasteiger partial charge is 0.289 e. The van der Waals surface area contributed by atoms with Gasteiger partial charge in [-0.25, -0.2) is 0 Å². The van der Waals surface area contributed by atoms with Crippen molar-refractivity contribution in [1.29, 1.82) is 0 Å². The predicted molar refractivity (Wildman–Crippen MR) is 154 cm³/mol. The van der Waals surface area contributed by atoms with Gasteiger partial charge in [0.25, 0.3) is 0 Å². The Balaban J connectivity index is 1.57. The van der Waals surface area contributed by atoms with E-state index in [0.717, 1.165) is 33.4 Å². The smallest absolute Gasteiger partial charge is 0.195 e. The van der Waals surface area contributed by atoms with Crippen molar-refractivity contribution in [3.05, 3.63) is 179 Å². The minimum atomic E-state index is -0.0271. The summed E-state index contributed by atoms with van der Waals surface area (Å²) in [7, 11) is 0. The van der Waals surface area contributed by atoms with Crippen LogP contribution in [0, 0.1) is 0 Å². The fourth-order valence-corrected chi connectivity index (χ4v) is 5.09. The topological polar surface area (TPSA) is 34.1 Å². The summed E-state index contributed by atoms with van der Waals surface area (Å²) in [4.78, 5) is 27.3. The van der Waals surface area contributed by atoms with Crippen molar-refractivity contribution in [3.63, 3.8) is 0 Å². The molecule has 0 aliphatic heterocycles. The Morgan fingerprint density at radius 2 is 0.658 bits per heavy atom. The standard InChI is InChI=1S/C36H24O2/c37-35(29-19-11-4-12-20-29)30-23-21-28(22-24-30)32-31(25-13-5-1-6-14-25)33(26-15-7-2-8-16-26)36(38)34(32)27-17-9-3-10-18-27/h1-24H. The highest BCUT2D eigenvalue weighted by Crippen LogP contribution is 2.49. The van der Waals surface area contributed by atoms with Crippen molar-refractivity contribution in [1.82, 2.24) is 0 Å². The van der Waals surface area contributed by atoms with Gasteiger partial charge in [-0.15, -0.1) is 0 Å². The van der Waals surface area contributed by atoms with Gasteiger partial charge in [-0.05, 0) is 22.3 Å². The first-order chi connectivity index (χ1) is 18.7. The Hall–Kier alpha value is -5.08. The van der Waals surface area contributed by atoms with Gasteiger partial charge in [0, 0.05) is 33.4 Å². The van der Waals surface area contributed by atoms with Gasteiger partial charge >= 0.3 is 0 Å². The number of allylic oxidation sites excluding steroid dienone is 4. The van der Waals surface area contributed by atoms with E-state index < -0.39 is 0 Å². The number of hydrogen-bond acceptors (Lipinski definition) is 2. The van der Waals surface area contributed by atoms with Gasteiger partial charge in [0.05, 0.1) is 0 Å². The third-order valence-corrected chi connectivity index (χ3v) is 6.86. The molecule has 2 heteroatoms. The van der Waals surface area contributed by atoms with Gasteiger partial charge in [-0.2, -0.15) is 0 Å². The Kier molecular flexibility index (Phi) is 6.21. The third kappa shape index (κ3) is 4.23. The molecule has 0 saturated carbocycles. The van der Waals surface area contributed by atoms with Crippen LogP contribution in [-0.2, 0) is 4.79 Å². The lowest BCUT2D eigenvalue weighted by Gasteiger charge is -2.14. The van der Waals surface area contributed by atoms with Crippen LogP contribution in [0.2, 0.25) is 0 Å². The third-order valence-electron chi connectivity index (χ3n) is 6.86.